The van der Waals surface area contributed by atoms with E-state index in [4.69, 9.17) is 9.72 Å². The fraction of sp³-hybridized carbons (Fsp3) is 0.474. The summed E-state index contributed by atoms with van der Waals surface area (Å²) in [4.78, 5) is 22.4. The minimum atomic E-state index is -0.488. The molecule has 1 atom stereocenters. The van der Waals surface area contributed by atoms with Crippen LogP contribution in [-0.2, 0) is 4.74 Å². The average molecular weight is 327 g/mol. The number of ether oxygens (including phenoxy) is 1. The molecule has 1 aromatic carbocycles. The van der Waals surface area contributed by atoms with Gasteiger partial charge in [0.25, 0.3) is 0 Å². The number of aryl methyl sites for hydroxylation is 1. The first-order chi connectivity index (χ1) is 11.3. The highest BCUT2D eigenvalue weighted by Gasteiger charge is 2.35. The SMILES string of the molecule is Cc1[nH]c([C@@H]2CCCN2C(=O)OC(C)(C)C)nc1-c1ccccc1. The van der Waals surface area contributed by atoms with Crippen LogP contribution in [0.15, 0.2) is 30.3 Å². The first kappa shape index (κ1) is 16.6. The van der Waals surface area contributed by atoms with Crippen molar-refractivity contribution in [2.75, 3.05) is 6.54 Å². The van der Waals surface area contributed by atoms with E-state index in [2.05, 4.69) is 4.98 Å². The predicted molar refractivity (Wildman–Crippen MR) is 93.7 cm³/mol. The van der Waals surface area contributed by atoms with Gasteiger partial charge in [0, 0.05) is 17.8 Å². The Morgan fingerprint density at radius 2 is 2.00 bits per heavy atom. The number of carbonyl (C=O) groups excluding carboxylic acids is 1. The molecule has 5 heteroatoms. The zero-order valence-corrected chi connectivity index (χ0v) is 14.8. The maximum atomic E-state index is 12.5. The predicted octanol–water partition coefficient (Wildman–Crippen LogP) is 4.46. The number of carbonyl (C=O) groups is 1. The van der Waals surface area contributed by atoms with E-state index in [1.165, 1.54) is 0 Å². The fourth-order valence-corrected chi connectivity index (χ4v) is 3.11. The molecule has 0 bridgehead atoms. The summed E-state index contributed by atoms with van der Waals surface area (Å²) in [5.41, 5.74) is 2.56. The summed E-state index contributed by atoms with van der Waals surface area (Å²) in [6.45, 7) is 8.40. The number of hydrogen-bond acceptors (Lipinski definition) is 3. The fourth-order valence-electron chi connectivity index (χ4n) is 3.11. The Morgan fingerprint density at radius 3 is 2.67 bits per heavy atom. The second kappa shape index (κ2) is 6.30. The number of H-pyrrole nitrogens is 1. The smallest absolute Gasteiger partial charge is 0.410 e. The van der Waals surface area contributed by atoms with Gasteiger partial charge in [-0.15, -0.1) is 0 Å². The van der Waals surface area contributed by atoms with Crippen molar-refractivity contribution in [1.82, 2.24) is 14.9 Å². The Labute approximate surface area is 143 Å². The highest BCUT2D eigenvalue weighted by Crippen LogP contribution is 2.33. The number of aromatic amines is 1. The topological polar surface area (TPSA) is 58.2 Å². The molecule has 1 N–H and O–H groups in total. The molecule has 2 heterocycles. The van der Waals surface area contributed by atoms with Gasteiger partial charge in [-0.05, 0) is 40.5 Å². The van der Waals surface area contributed by atoms with E-state index in [0.717, 1.165) is 35.6 Å². The zero-order chi connectivity index (χ0) is 17.3. The molecular formula is C19H25N3O2. The number of likely N-dealkylation sites (tertiary alicyclic amines) is 1. The van der Waals surface area contributed by atoms with Gasteiger partial charge in [0.05, 0.1) is 11.7 Å². The summed E-state index contributed by atoms with van der Waals surface area (Å²) < 4.78 is 5.54. The molecule has 0 unspecified atom stereocenters. The lowest BCUT2D eigenvalue weighted by atomic mass is 10.1. The van der Waals surface area contributed by atoms with Gasteiger partial charge >= 0.3 is 6.09 Å². The number of benzene rings is 1. The third-order valence-electron chi connectivity index (χ3n) is 4.15. The number of imidazole rings is 1. The largest absolute Gasteiger partial charge is 0.444 e. The maximum Gasteiger partial charge on any atom is 0.410 e. The van der Waals surface area contributed by atoms with E-state index in [-0.39, 0.29) is 12.1 Å². The van der Waals surface area contributed by atoms with E-state index in [1.54, 1.807) is 4.90 Å². The Hall–Kier alpha value is -2.30. The summed E-state index contributed by atoms with van der Waals surface area (Å²) in [6.07, 6.45) is 1.60. The summed E-state index contributed by atoms with van der Waals surface area (Å²) in [5, 5.41) is 0. The molecule has 1 aliphatic rings. The Bertz CT molecular complexity index is 716. The molecule has 0 saturated carbocycles. The van der Waals surface area contributed by atoms with Crippen LogP contribution >= 0.6 is 0 Å². The van der Waals surface area contributed by atoms with Gasteiger partial charge in [0.2, 0.25) is 0 Å². The van der Waals surface area contributed by atoms with Gasteiger partial charge in [0.15, 0.2) is 0 Å². The molecule has 1 amide bonds. The Balaban J connectivity index is 1.85. The number of hydrogen-bond donors (Lipinski definition) is 1. The molecular weight excluding hydrogens is 302 g/mol. The lowest BCUT2D eigenvalue weighted by molar-refractivity contribution is 0.0218. The molecule has 1 aromatic heterocycles. The Kier molecular flexibility index (Phi) is 4.35. The lowest BCUT2D eigenvalue weighted by Gasteiger charge is -2.27. The van der Waals surface area contributed by atoms with Crippen LogP contribution in [0.2, 0.25) is 0 Å². The average Bonchev–Trinajstić information content (AvgIpc) is 3.12. The highest BCUT2D eigenvalue weighted by atomic mass is 16.6. The van der Waals surface area contributed by atoms with Crippen molar-refractivity contribution in [2.45, 2.75) is 52.2 Å². The van der Waals surface area contributed by atoms with Crippen LogP contribution < -0.4 is 0 Å². The van der Waals surface area contributed by atoms with Crippen LogP contribution in [0.4, 0.5) is 4.79 Å². The van der Waals surface area contributed by atoms with E-state index in [1.807, 2.05) is 58.0 Å². The van der Waals surface area contributed by atoms with Crippen LogP contribution in [0.3, 0.4) is 0 Å². The minimum absolute atomic E-state index is 0.0454. The second-order valence-electron chi connectivity index (χ2n) is 7.29. The van der Waals surface area contributed by atoms with Gasteiger partial charge in [-0.3, -0.25) is 4.90 Å². The van der Waals surface area contributed by atoms with Crippen LogP contribution in [-0.4, -0.2) is 33.1 Å². The maximum absolute atomic E-state index is 12.5. The summed E-state index contributed by atoms with van der Waals surface area (Å²) >= 11 is 0. The van der Waals surface area contributed by atoms with Crippen molar-refractivity contribution in [3.8, 4) is 11.3 Å². The molecule has 1 saturated heterocycles. The van der Waals surface area contributed by atoms with Crippen LogP contribution in [0, 0.1) is 6.92 Å². The van der Waals surface area contributed by atoms with E-state index >= 15 is 0 Å². The van der Waals surface area contributed by atoms with Crippen molar-refractivity contribution in [2.24, 2.45) is 0 Å². The van der Waals surface area contributed by atoms with Crippen molar-refractivity contribution in [1.29, 1.82) is 0 Å². The molecule has 0 radical (unpaired) electrons. The molecule has 0 spiro atoms. The quantitative estimate of drug-likeness (QED) is 0.886. The second-order valence-corrected chi connectivity index (χ2v) is 7.29. The first-order valence-electron chi connectivity index (χ1n) is 8.47. The van der Waals surface area contributed by atoms with Gasteiger partial charge in [0.1, 0.15) is 11.4 Å². The monoisotopic (exact) mass is 327 g/mol. The number of nitrogens with zero attached hydrogens (tertiary/aromatic N) is 2. The lowest BCUT2D eigenvalue weighted by Crippen LogP contribution is -2.36. The first-order valence-corrected chi connectivity index (χ1v) is 8.47. The van der Waals surface area contributed by atoms with Crippen molar-refractivity contribution in [3.05, 3.63) is 41.9 Å². The molecule has 1 aliphatic heterocycles. The van der Waals surface area contributed by atoms with Crippen molar-refractivity contribution >= 4 is 6.09 Å². The molecule has 3 rings (SSSR count). The normalized spacial score (nSPS) is 18.0. The van der Waals surface area contributed by atoms with Crippen LogP contribution in [0.25, 0.3) is 11.3 Å². The summed E-state index contributed by atoms with van der Waals surface area (Å²) in [5.74, 6) is 0.842. The highest BCUT2D eigenvalue weighted by molar-refractivity contribution is 5.69. The number of amides is 1. The van der Waals surface area contributed by atoms with E-state index in [0.29, 0.717) is 6.54 Å². The zero-order valence-electron chi connectivity index (χ0n) is 14.8. The van der Waals surface area contributed by atoms with Crippen LogP contribution in [0.5, 0.6) is 0 Å². The number of nitrogens with one attached hydrogen (secondary N) is 1. The molecule has 128 valence electrons. The van der Waals surface area contributed by atoms with Gasteiger partial charge in [-0.2, -0.15) is 0 Å². The molecule has 0 aliphatic carbocycles. The van der Waals surface area contributed by atoms with Gasteiger partial charge in [-0.25, -0.2) is 9.78 Å². The minimum Gasteiger partial charge on any atom is -0.444 e. The third-order valence-corrected chi connectivity index (χ3v) is 4.15. The molecule has 24 heavy (non-hydrogen) atoms. The number of rotatable bonds is 2. The van der Waals surface area contributed by atoms with Gasteiger partial charge in [-0.1, -0.05) is 30.3 Å². The van der Waals surface area contributed by atoms with Crippen molar-refractivity contribution in [3.63, 3.8) is 0 Å². The van der Waals surface area contributed by atoms with Gasteiger partial charge < -0.3 is 9.72 Å². The van der Waals surface area contributed by atoms with Crippen molar-refractivity contribution < 1.29 is 9.53 Å². The van der Waals surface area contributed by atoms with E-state index < -0.39 is 5.60 Å². The summed E-state index contributed by atoms with van der Waals surface area (Å²) in [6, 6.07) is 10.1. The molecule has 2 aromatic rings. The standard InChI is InChI=1S/C19H25N3O2/c1-13-16(14-9-6-5-7-10-14)21-17(20-13)15-11-8-12-22(15)18(23)24-19(2,3)4/h5-7,9-10,15H,8,11-12H2,1-4H3,(H,20,21)/t15-/m0/s1. The van der Waals surface area contributed by atoms with E-state index in [9.17, 15) is 4.79 Å². The summed E-state index contributed by atoms with van der Waals surface area (Å²) in [7, 11) is 0. The van der Waals surface area contributed by atoms with Crippen LogP contribution in [0.1, 0.15) is 51.2 Å². The molecule has 5 nitrogen and oxygen atoms in total. The Morgan fingerprint density at radius 1 is 1.29 bits per heavy atom. The number of aromatic nitrogens is 2. The third kappa shape index (κ3) is 3.45. The molecule has 1 fully saturated rings.